The fourth-order valence-corrected chi connectivity index (χ4v) is 4.27. The number of hydroxylamine groups is 1. The minimum atomic E-state index is -0.369. The lowest BCUT2D eigenvalue weighted by molar-refractivity contribution is -0.198. The number of hydrogen-bond acceptors (Lipinski definition) is 5. The summed E-state index contributed by atoms with van der Waals surface area (Å²) >= 11 is 0. The summed E-state index contributed by atoms with van der Waals surface area (Å²) in [6.07, 6.45) is 11.0. The highest BCUT2D eigenvalue weighted by molar-refractivity contribution is 5.96. The second-order valence-corrected chi connectivity index (χ2v) is 8.83. The normalized spacial score (nSPS) is 19.0. The van der Waals surface area contributed by atoms with Crippen molar-refractivity contribution in [1.29, 1.82) is 0 Å². The molecule has 2 aromatic carbocycles. The number of rotatable bonds is 8. The number of anilines is 3. The van der Waals surface area contributed by atoms with E-state index in [-0.39, 0.29) is 24.0 Å². The van der Waals surface area contributed by atoms with Crippen molar-refractivity contribution in [2.45, 2.75) is 57.7 Å². The molecule has 1 saturated carbocycles. The van der Waals surface area contributed by atoms with Crippen LogP contribution in [0.1, 0.15) is 56.9 Å². The van der Waals surface area contributed by atoms with Crippen molar-refractivity contribution in [3.63, 3.8) is 0 Å². The van der Waals surface area contributed by atoms with Crippen molar-refractivity contribution in [3.05, 3.63) is 60.2 Å². The van der Waals surface area contributed by atoms with Crippen molar-refractivity contribution < 1.29 is 19.2 Å². The van der Waals surface area contributed by atoms with Crippen molar-refractivity contribution in [1.82, 2.24) is 5.48 Å². The number of benzene rings is 2. The Kier molecular flexibility index (Phi) is 8.71. The molecular formula is C27H33N3O4. The zero-order valence-electron chi connectivity index (χ0n) is 19.4. The van der Waals surface area contributed by atoms with Crippen LogP contribution in [0.25, 0.3) is 6.08 Å². The second-order valence-electron chi connectivity index (χ2n) is 8.83. The lowest BCUT2D eigenvalue weighted by Crippen LogP contribution is -2.32. The molecule has 1 unspecified atom stereocenters. The van der Waals surface area contributed by atoms with Crippen LogP contribution >= 0.6 is 0 Å². The van der Waals surface area contributed by atoms with Gasteiger partial charge in [-0.3, -0.25) is 9.59 Å². The van der Waals surface area contributed by atoms with Crippen molar-refractivity contribution in [3.8, 4) is 0 Å². The van der Waals surface area contributed by atoms with Gasteiger partial charge in [0.15, 0.2) is 6.29 Å². The molecule has 2 fully saturated rings. The molecule has 0 aromatic heterocycles. The quantitative estimate of drug-likeness (QED) is 0.354. The van der Waals surface area contributed by atoms with Crippen LogP contribution < -0.4 is 16.1 Å². The molecule has 4 rings (SSSR count). The van der Waals surface area contributed by atoms with E-state index in [0.29, 0.717) is 6.61 Å². The molecule has 1 atom stereocenters. The summed E-state index contributed by atoms with van der Waals surface area (Å²) in [7, 11) is 0. The van der Waals surface area contributed by atoms with Crippen LogP contribution in [-0.2, 0) is 19.2 Å². The summed E-state index contributed by atoms with van der Waals surface area (Å²) in [6.45, 7) is 0.661. The monoisotopic (exact) mass is 463 g/mol. The lowest BCUT2D eigenvalue weighted by atomic mass is 9.88. The Hall–Kier alpha value is -3.16. The highest BCUT2D eigenvalue weighted by Crippen LogP contribution is 2.29. The Labute approximate surface area is 200 Å². The third-order valence-corrected chi connectivity index (χ3v) is 6.21. The zero-order chi connectivity index (χ0) is 23.6. The van der Waals surface area contributed by atoms with Gasteiger partial charge in [-0.25, -0.2) is 10.3 Å². The van der Waals surface area contributed by atoms with Gasteiger partial charge in [-0.15, -0.1) is 0 Å². The number of carbonyl (C=O) groups excluding carboxylic acids is 2. The molecule has 2 amide bonds. The van der Waals surface area contributed by atoms with E-state index >= 15 is 0 Å². The predicted octanol–water partition coefficient (Wildman–Crippen LogP) is 5.54. The molecule has 2 aliphatic rings. The molecule has 34 heavy (non-hydrogen) atoms. The van der Waals surface area contributed by atoms with Gasteiger partial charge in [0.1, 0.15) is 0 Å². The fourth-order valence-electron chi connectivity index (χ4n) is 4.27. The Bertz CT molecular complexity index is 978. The van der Waals surface area contributed by atoms with Crippen molar-refractivity contribution in [2.24, 2.45) is 5.92 Å². The van der Waals surface area contributed by atoms with E-state index in [4.69, 9.17) is 9.57 Å². The Morgan fingerprint density at radius 3 is 2.35 bits per heavy atom. The van der Waals surface area contributed by atoms with Gasteiger partial charge < -0.3 is 15.4 Å². The van der Waals surface area contributed by atoms with E-state index in [2.05, 4.69) is 16.1 Å². The van der Waals surface area contributed by atoms with Crippen LogP contribution in [0, 0.1) is 5.92 Å². The molecule has 3 N–H and O–H groups in total. The molecule has 180 valence electrons. The maximum Gasteiger partial charge on any atom is 0.267 e. The van der Waals surface area contributed by atoms with E-state index in [0.717, 1.165) is 67.6 Å². The van der Waals surface area contributed by atoms with Crippen LogP contribution in [-0.4, -0.2) is 24.7 Å². The maximum absolute atomic E-state index is 12.7. The van der Waals surface area contributed by atoms with Crippen LogP contribution in [0.4, 0.5) is 17.1 Å². The van der Waals surface area contributed by atoms with E-state index in [1.807, 2.05) is 48.5 Å². The van der Waals surface area contributed by atoms with Gasteiger partial charge in [0.2, 0.25) is 5.91 Å². The second kappa shape index (κ2) is 12.3. The topological polar surface area (TPSA) is 88.7 Å². The number of amides is 2. The molecule has 0 radical (unpaired) electrons. The first-order valence-electron chi connectivity index (χ1n) is 12.2. The Morgan fingerprint density at radius 1 is 0.882 bits per heavy atom. The first kappa shape index (κ1) is 24.0. The third-order valence-electron chi connectivity index (χ3n) is 6.21. The van der Waals surface area contributed by atoms with E-state index in [1.165, 1.54) is 12.5 Å². The summed E-state index contributed by atoms with van der Waals surface area (Å²) < 4.78 is 5.42. The van der Waals surface area contributed by atoms with Crippen molar-refractivity contribution >= 4 is 35.0 Å². The minimum Gasteiger partial charge on any atom is -0.354 e. The van der Waals surface area contributed by atoms with Gasteiger partial charge in [-0.2, -0.15) is 0 Å². The van der Waals surface area contributed by atoms with E-state index in [1.54, 1.807) is 6.08 Å². The number of ether oxygens (including phenoxy) is 1. The molecule has 1 heterocycles. The summed E-state index contributed by atoms with van der Waals surface area (Å²) in [5.74, 6) is -0.128. The van der Waals surface area contributed by atoms with Crippen LogP contribution in [0.3, 0.4) is 0 Å². The third kappa shape index (κ3) is 7.17. The molecule has 0 bridgehead atoms. The van der Waals surface area contributed by atoms with Crippen LogP contribution in [0.5, 0.6) is 0 Å². The van der Waals surface area contributed by atoms with E-state index < -0.39 is 0 Å². The highest BCUT2D eigenvalue weighted by Gasteiger charge is 2.21. The summed E-state index contributed by atoms with van der Waals surface area (Å²) in [5, 5.41) is 6.48. The van der Waals surface area contributed by atoms with Gasteiger partial charge in [0, 0.05) is 30.7 Å². The first-order valence-corrected chi connectivity index (χ1v) is 12.2. The number of hydrogen-bond donors (Lipinski definition) is 3. The molecule has 7 heteroatoms. The standard InChI is InChI=1S/C27H33N3O4/c31-25(30-34-26-12-6-7-19-33-26)18-15-20-13-16-22(17-14-20)28-23-10-4-5-11-24(23)29-27(32)21-8-2-1-3-9-21/h4-5,10-11,13-18,21,26,28H,1-3,6-9,12,19H2,(H,29,32)(H,30,31). The smallest absolute Gasteiger partial charge is 0.267 e. The Morgan fingerprint density at radius 2 is 1.62 bits per heavy atom. The largest absolute Gasteiger partial charge is 0.354 e. The van der Waals surface area contributed by atoms with Gasteiger partial charge in [0.05, 0.1) is 11.4 Å². The van der Waals surface area contributed by atoms with E-state index in [9.17, 15) is 9.59 Å². The van der Waals surface area contributed by atoms with Crippen LogP contribution in [0.2, 0.25) is 0 Å². The number of carbonyl (C=O) groups is 2. The lowest BCUT2D eigenvalue weighted by Gasteiger charge is -2.21. The molecule has 1 aliphatic heterocycles. The molecule has 7 nitrogen and oxygen atoms in total. The average molecular weight is 464 g/mol. The molecule has 1 aliphatic carbocycles. The average Bonchev–Trinajstić information content (AvgIpc) is 2.89. The summed E-state index contributed by atoms with van der Waals surface area (Å²) in [5.41, 5.74) is 5.81. The number of nitrogens with one attached hydrogen (secondary N) is 3. The minimum absolute atomic E-state index is 0.102. The Balaban J connectivity index is 1.30. The van der Waals surface area contributed by atoms with Gasteiger partial charge in [0.25, 0.3) is 5.91 Å². The van der Waals surface area contributed by atoms with Crippen molar-refractivity contribution in [2.75, 3.05) is 17.2 Å². The molecule has 2 aromatic rings. The molecular weight excluding hydrogens is 430 g/mol. The van der Waals surface area contributed by atoms with Gasteiger partial charge in [-0.05, 0) is 61.6 Å². The molecule has 0 spiro atoms. The fraction of sp³-hybridized carbons (Fsp3) is 0.407. The molecule has 1 saturated heterocycles. The number of para-hydroxylation sites is 2. The summed E-state index contributed by atoms with van der Waals surface area (Å²) in [6, 6.07) is 15.4. The highest BCUT2D eigenvalue weighted by atomic mass is 16.8. The summed E-state index contributed by atoms with van der Waals surface area (Å²) in [4.78, 5) is 29.9. The van der Waals surface area contributed by atoms with Gasteiger partial charge >= 0.3 is 0 Å². The maximum atomic E-state index is 12.7. The van der Waals surface area contributed by atoms with Crippen LogP contribution in [0.15, 0.2) is 54.6 Å². The zero-order valence-corrected chi connectivity index (χ0v) is 19.4. The van der Waals surface area contributed by atoms with Gasteiger partial charge in [-0.1, -0.05) is 43.5 Å². The predicted molar refractivity (Wildman–Crippen MR) is 133 cm³/mol. The SMILES string of the molecule is O=C(C=Cc1ccc(Nc2ccccc2NC(=O)C2CCCCC2)cc1)NOC1CCCCO1. The first-order chi connectivity index (χ1) is 16.7.